The molecule has 0 aromatic heterocycles. The second-order valence-corrected chi connectivity index (χ2v) is 4.47. The zero-order valence-electron chi connectivity index (χ0n) is 9.67. The van der Waals surface area contributed by atoms with Gasteiger partial charge in [-0.1, -0.05) is 0 Å². The lowest BCUT2D eigenvalue weighted by atomic mass is 10.1. The highest BCUT2D eigenvalue weighted by atomic mass is 32.2. The van der Waals surface area contributed by atoms with E-state index in [0.717, 1.165) is 12.1 Å². The second-order valence-electron chi connectivity index (χ2n) is 3.60. The lowest BCUT2D eigenvalue weighted by Gasteiger charge is -2.12. The van der Waals surface area contributed by atoms with Gasteiger partial charge in [-0.15, -0.1) is 0 Å². The van der Waals surface area contributed by atoms with E-state index in [-0.39, 0.29) is 23.9 Å². The largest absolute Gasteiger partial charge is 0.416 e. The van der Waals surface area contributed by atoms with Gasteiger partial charge < -0.3 is 11.1 Å². The number of amides is 1. The maximum atomic E-state index is 12.6. The van der Waals surface area contributed by atoms with Crippen LogP contribution in [0.4, 0.5) is 18.9 Å². The molecule has 0 radical (unpaired) electrons. The summed E-state index contributed by atoms with van der Waals surface area (Å²) < 4.78 is 37.8. The minimum Gasteiger partial charge on any atom is -0.326 e. The van der Waals surface area contributed by atoms with E-state index in [1.54, 1.807) is 6.26 Å². The molecule has 0 spiro atoms. The molecule has 18 heavy (non-hydrogen) atoms. The number of carbonyl (C=O) groups excluding carboxylic acids is 1. The van der Waals surface area contributed by atoms with Gasteiger partial charge >= 0.3 is 6.18 Å². The Morgan fingerprint density at radius 3 is 2.56 bits per heavy atom. The predicted octanol–water partition coefficient (Wildman–Crippen LogP) is 2.47. The molecular weight excluding hydrogens is 265 g/mol. The normalized spacial score (nSPS) is 11.4. The van der Waals surface area contributed by atoms with Crippen molar-refractivity contribution in [2.45, 2.75) is 12.7 Å². The van der Waals surface area contributed by atoms with Gasteiger partial charge in [0, 0.05) is 12.2 Å². The lowest BCUT2D eigenvalue weighted by molar-refractivity contribution is -0.137. The predicted molar refractivity (Wildman–Crippen MR) is 66.3 cm³/mol. The fourth-order valence-corrected chi connectivity index (χ4v) is 1.71. The van der Waals surface area contributed by atoms with Crippen molar-refractivity contribution in [3.05, 3.63) is 29.3 Å². The van der Waals surface area contributed by atoms with E-state index in [1.807, 2.05) is 0 Å². The van der Waals surface area contributed by atoms with Gasteiger partial charge in [0.2, 0.25) is 5.91 Å². The molecule has 0 saturated carbocycles. The quantitative estimate of drug-likeness (QED) is 0.889. The number of alkyl halides is 3. The first-order valence-electron chi connectivity index (χ1n) is 5.07. The summed E-state index contributed by atoms with van der Waals surface area (Å²) in [5.74, 6) is -0.154. The lowest BCUT2D eigenvalue weighted by Crippen LogP contribution is -2.15. The van der Waals surface area contributed by atoms with Crippen LogP contribution in [0, 0.1) is 0 Å². The summed E-state index contributed by atoms with van der Waals surface area (Å²) in [5, 5.41) is 2.41. The molecule has 0 bridgehead atoms. The van der Waals surface area contributed by atoms with E-state index in [2.05, 4.69) is 5.32 Å². The number of hydrogen-bond acceptors (Lipinski definition) is 3. The Morgan fingerprint density at radius 2 is 2.06 bits per heavy atom. The van der Waals surface area contributed by atoms with E-state index in [9.17, 15) is 18.0 Å². The molecule has 1 rings (SSSR count). The van der Waals surface area contributed by atoms with Crippen LogP contribution in [0.2, 0.25) is 0 Å². The van der Waals surface area contributed by atoms with Gasteiger partial charge in [0.05, 0.1) is 11.3 Å². The van der Waals surface area contributed by atoms with Crippen molar-refractivity contribution in [1.29, 1.82) is 0 Å². The fourth-order valence-electron chi connectivity index (χ4n) is 1.37. The summed E-state index contributed by atoms with van der Waals surface area (Å²) in [7, 11) is 0. The van der Waals surface area contributed by atoms with Crippen molar-refractivity contribution in [3.63, 3.8) is 0 Å². The van der Waals surface area contributed by atoms with Crippen LogP contribution in [0.25, 0.3) is 0 Å². The Bertz CT molecular complexity index is 435. The van der Waals surface area contributed by atoms with Crippen molar-refractivity contribution in [3.8, 4) is 0 Å². The third-order valence-corrected chi connectivity index (χ3v) is 2.67. The molecule has 0 heterocycles. The second kappa shape index (κ2) is 6.10. The highest BCUT2D eigenvalue weighted by molar-refractivity contribution is 7.99. The first-order valence-corrected chi connectivity index (χ1v) is 6.46. The highest BCUT2D eigenvalue weighted by Crippen LogP contribution is 2.31. The standard InChI is InChI=1S/C11H13F3N2OS/c1-18-6-10(17)16-9-3-7(5-15)2-8(4-9)11(12,13)14/h2-4H,5-6,15H2,1H3,(H,16,17). The third-order valence-electron chi connectivity index (χ3n) is 2.12. The van der Waals surface area contributed by atoms with Crippen LogP contribution in [0.5, 0.6) is 0 Å². The highest BCUT2D eigenvalue weighted by Gasteiger charge is 2.31. The van der Waals surface area contributed by atoms with Crippen molar-refractivity contribution in [2.75, 3.05) is 17.3 Å². The summed E-state index contributed by atoms with van der Waals surface area (Å²) in [6.07, 6.45) is -2.72. The monoisotopic (exact) mass is 278 g/mol. The summed E-state index contributed by atoms with van der Waals surface area (Å²) in [5.41, 5.74) is 4.96. The maximum absolute atomic E-state index is 12.6. The summed E-state index contributed by atoms with van der Waals surface area (Å²) in [6.45, 7) is -0.0185. The molecule has 0 aliphatic heterocycles. The number of rotatable bonds is 4. The van der Waals surface area contributed by atoms with Gasteiger partial charge in [-0.3, -0.25) is 4.79 Å². The Labute approximate surface area is 107 Å². The van der Waals surface area contributed by atoms with Gasteiger partial charge in [0.25, 0.3) is 0 Å². The molecule has 0 unspecified atom stereocenters. The Kier molecular flexibility index (Phi) is 5.03. The van der Waals surface area contributed by atoms with Crippen LogP contribution in [0.1, 0.15) is 11.1 Å². The average Bonchev–Trinajstić information content (AvgIpc) is 2.27. The average molecular weight is 278 g/mol. The van der Waals surface area contributed by atoms with E-state index in [4.69, 9.17) is 5.73 Å². The molecule has 3 nitrogen and oxygen atoms in total. The van der Waals surface area contributed by atoms with Crippen molar-refractivity contribution >= 4 is 23.4 Å². The van der Waals surface area contributed by atoms with Crippen LogP contribution in [-0.2, 0) is 17.5 Å². The number of hydrogen-bond donors (Lipinski definition) is 2. The summed E-state index contributed by atoms with van der Waals surface area (Å²) in [4.78, 5) is 11.3. The van der Waals surface area contributed by atoms with Gasteiger partial charge in [-0.2, -0.15) is 24.9 Å². The number of nitrogens with one attached hydrogen (secondary N) is 1. The first kappa shape index (κ1) is 14.8. The van der Waals surface area contributed by atoms with E-state index >= 15 is 0 Å². The molecule has 1 aromatic carbocycles. The molecule has 1 amide bonds. The van der Waals surface area contributed by atoms with Crippen molar-refractivity contribution in [1.82, 2.24) is 0 Å². The summed E-state index contributed by atoms with van der Waals surface area (Å²) >= 11 is 1.29. The molecule has 0 fully saturated rings. The zero-order valence-corrected chi connectivity index (χ0v) is 10.5. The molecule has 3 N–H and O–H groups in total. The first-order chi connectivity index (χ1) is 8.36. The minimum absolute atomic E-state index is 0.0185. The number of carbonyl (C=O) groups is 1. The third kappa shape index (κ3) is 4.23. The SMILES string of the molecule is CSCC(=O)Nc1cc(CN)cc(C(F)(F)F)c1. The Hall–Kier alpha value is -1.21. The number of thioether (sulfide) groups is 1. The molecular formula is C11H13F3N2OS. The van der Waals surface area contributed by atoms with Crippen molar-refractivity contribution in [2.24, 2.45) is 5.73 Å². The molecule has 0 atom stereocenters. The van der Waals surface area contributed by atoms with Crippen LogP contribution >= 0.6 is 11.8 Å². The number of benzene rings is 1. The maximum Gasteiger partial charge on any atom is 0.416 e. The van der Waals surface area contributed by atoms with Crippen LogP contribution in [0.15, 0.2) is 18.2 Å². The van der Waals surface area contributed by atoms with Gasteiger partial charge in [0.1, 0.15) is 0 Å². The molecule has 0 saturated heterocycles. The van der Waals surface area contributed by atoms with Gasteiger partial charge in [-0.05, 0) is 30.0 Å². The van der Waals surface area contributed by atoms with E-state index < -0.39 is 11.7 Å². The molecule has 0 aliphatic rings. The van der Waals surface area contributed by atoms with Gasteiger partial charge in [-0.25, -0.2) is 0 Å². The van der Waals surface area contributed by atoms with Crippen LogP contribution < -0.4 is 11.1 Å². The van der Waals surface area contributed by atoms with Crippen molar-refractivity contribution < 1.29 is 18.0 Å². The molecule has 7 heteroatoms. The topological polar surface area (TPSA) is 55.1 Å². The summed E-state index contributed by atoms with van der Waals surface area (Å²) in [6, 6.07) is 3.31. The molecule has 100 valence electrons. The van der Waals surface area contributed by atoms with Gasteiger partial charge in [0.15, 0.2) is 0 Å². The number of halogens is 3. The zero-order chi connectivity index (χ0) is 13.8. The fraction of sp³-hybridized carbons (Fsp3) is 0.364. The van der Waals surface area contributed by atoms with E-state index in [1.165, 1.54) is 17.8 Å². The Morgan fingerprint density at radius 1 is 1.39 bits per heavy atom. The van der Waals surface area contributed by atoms with Crippen LogP contribution in [-0.4, -0.2) is 17.9 Å². The minimum atomic E-state index is -4.45. The number of nitrogens with two attached hydrogens (primary N) is 1. The van der Waals surface area contributed by atoms with Crippen LogP contribution in [0.3, 0.4) is 0 Å². The number of anilines is 1. The smallest absolute Gasteiger partial charge is 0.326 e. The Balaban J connectivity index is 3.01. The molecule has 0 aliphatic carbocycles. The molecule has 1 aromatic rings. The van der Waals surface area contributed by atoms with E-state index in [0.29, 0.717) is 5.56 Å².